The van der Waals surface area contributed by atoms with E-state index in [2.05, 4.69) is 27.7 Å². The zero-order valence-corrected chi connectivity index (χ0v) is 11.7. The van der Waals surface area contributed by atoms with Gasteiger partial charge < -0.3 is 10.1 Å². The van der Waals surface area contributed by atoms with E-state index in [1.165, 1.54) is 0 Å². The van der Waals surface area contributed by atoms with Gasteiger partial charge in [0.25, 0.3) is 5.91 Å². The van der Waals surface area contributed by atoms with Gasteiger partial charge in [0.2, 0.25) is 0 Å². The van der Waals surface area contributed by atoms with Crippen LogP contribution in [0.25, 0.3) is 11.0 Å². The van der Waals surface area contributed by atoms with E-state index in [4.69, 9.17) is 4.74 Å². The van der Waals surface area contributed by atoms with Gasteiger partial charge in [-0.3, -0.25) is 4.79 Å². The first-order valence-electron chi connectivity index (χ1n) is 6.97. The smallest absolute Gasteiger partial charge is 0.251 e. The largest absolute Gasteiger partial charge is 0.381 e. The van der Waals surface area contributed by atoms with Crippen molar-refractivity contribution in [3.8, 4) is 0 Å². The molecular formula is C14H20N4O2. The van der Waals surface area contributed by atoms with E-state index >= 15 is 0 Å². The summed E-state index contributed by atoms with van der Waals surface area (Å²) in [6.07, 6.45) is 3.05. The molecule has 2 aromatic rings. The van der Waals surface area contributed by atoms with E-state index in [9.17, 15) is 4.79 Å². The molecule has 0 atom stereocenters. The van der Waals surface area contributed by atoms with Crippen molar-refractivity contribution in [1.82, 2.24) is 20.7 Å². The van der Waals surface area contributed by atoms with Crippen LogP contribution in [0.1, 0.15) is 36.5 Å². The van der Waals surface area contributed by atoms with Crippen molar-refractivity contribution in [3.63, 3.8) is 0 Å². The minimum absolute atomic E-state index is 0.0940. The summed E-state index contributed by atoms with van der Waals surface area (Å²) in [5.74, 6) is -0.0940. The van der Waals surface area contributed by atoms with Crippen LogP contribution in [-0.2, 0) is 4.74 Å². The predicted octanol–water partition coefficient (Wildman–Crippen LogP) is 1.89. The molecule has 20 heavy (non-hydrogen) atoms. The van der Waals surface area contributed by atoms with Crippen LogP contribution in [-0.4, -0.2) is 41.1 Å². The van der Waals surface area contributed by atoms with Crippen molar-refractivity contribution in [3.05, 3.63) is 23.8 Å². The van der Waals surface area contributed by atoms with Gasteiger partial charge in [-0.25, -0.2) is 0 Å². The third kappa shape index (κ3) is 4.03. The molecule has 1 amide bonds. The fraction of sp³-hybridized carbons (Fsp3) is 0.500. The molecule has 0 fully saturated rings. The van der Waals surface area contributed by atoms with Gasteiger partial charge in [0.1, 0.15) is 11.0 Å². The van der Waals surface area contributed by atoms with E-state index in [1.54, 1.807) is 18.2 Å². The molecule has 0 aliphatic heterocycles. The van der Waals surface area contributed by atoms with Gasteiger partial charge in [-0.2, -0.15) is 15.4 Å². The third-order valence-electron chi connectivity index (χ3n) is 2.97. The van der Waals surface area contributed by atoms with Crippen LogP contribution in [0.2, 0.25) is 0 Å². The van der Waals surface area contributed by atoms with Gasteiger partial charge in [-0.1, -0.05) is 13.3 Å². The average molecular weight is 276 g/mol. The molecule has 1 heterocycles. The second-order valence-corrected chi connectivity index (χ2v) is 4.60. The molecule has 0 saturated heterocycles. The molecule has 1 aromatic carbocycles. The lowest BCUT2D eigenvalue weighted by molar-refractivity contribution is 0.0940. The molecule has 0 aliphatic carbocycles. The zero-order chi connectivity index (χ0) is 14.2. The topological polar surface area (TPSA) is 79.9 Å². The maximum atomic E-state index is 11.9. The Morgan fingerprint density at radius 1 is 1.25 bits per heavy atom. The summed E-state index contributed by atoms with van der Waals surface area (Å²) in [5, 5.41) is 13.3. The number of H-pyrrole nitrogens is 1. The highest BCUT2D eigenvalue weighted by Crippen LogP contribution is 2.10. The molecular weight excluding hydrogens is 256 g/mol. The number of ether oxygens (including phenoxy) is 1. The number of fused-ring (bicyclic) bond motifs is 1. The molecule has 6 heteroatoms. The number of nitrogens with one attached hydrogen (secondary N) is 2. The van der Waals surface area contributed by atoms with Crippen LogP contribution in [0.15, 0.2) is 18.2 Å². The lowest BCUT2D eigenvalue weighted by Crippen LogP contribution is -2.25. The standard InChI is InChI=1S/C14H20N4O2/c1-2-3-8-20-9-4-7-15-14(19)11-5-6-12-13(10-11)17-18-16-12/h5-6,10H,2-4,7-9H2,1H3,(H,15,19)(H,16,17,18). The summed E-state index contributed by atoms with van der Waals surface area (Å²) in [6, 6.07) is 5.26. The van der Waals surface area contributed by atoms with Crippen molar-refractivity contribution < 1.29 is 9.53 Å². The lowest BCUT2D eigenvalue weighted by Gasteiger charge is -2.06. The lowest BCUT2D eigenvalue weighted by atomic mass is 10.2. The Morgan fingerprint density at radius 3 is 2.90 bits per heavy atom. The Hall–Kier alpha value is -1.95. The summed E-state index contributed by atoms with van der Waals surface area (Å²) in [7, 11) is 0. The van der Waals surface area contributed by atoms with E-state index < -0.39 is 0 Å². The normalized spacial score (nSPS) is 10.8. The molecule has 6 nitrogen and oxygen atoms in total. The first-order valence-corrected chi connectivity index (χ1v) is 6.97. The van der Waals surface area contributed by atoms with Gasteiger partial charge >= 0.3 is 0 Å². The van der Waals surface area contributed by atoms with Crippen LogP contribution < -0.4 is 5.32 Å². The maximum Gasteiger partial charge on any atom is 0.251 e. The van der Waals surface area contributed by atoms with Gasteiger partial charge in [0.05, 0.1) is 0 Å². The Labute approximate surface area is 117 Å². The fourth-order valence-electron chi connectivity index (χ4n) is 1.81. The predicted molar refractivity (Wildman–Crippen MR) is 76.6 cm³/mol. The van der Waals surface area contributed by atoms with Crippen LogP contribution in [0.4, 0.5) is 0 Å². The highest BCUT2D eigenvalue weighted by atomic mass is 16.5. The Balaban J connectivity index is 1.71. The molecule has 0 saturated carbocycles. The number of carbonyl (C=O) groups excluding carboxylic acids is 1. The highest BCUT2D eigenvalue weighted by molar-refractivity contribution is 5.97. The number of carbonyl (C=O) groups is 1. The molecule has 0 radical (unpaired) electrons. The number of nitrogens with zero attached hydrogens (tertiary/aromatic N) is 2. The van der Waals surface area contributed by atoms with E-state index in [1.807, 2.05) is 0 Å². The SMILES string of the molecule is CCCCOCCCNC(=O)c1ccc2n[nH]nc2c1. The number of unbranched alkanes of at least 4 members (excludes halogenated alkanes) is 1. The van der Waals surface area contributed by atoms with Crippen LogP contribution in [0, 0.1) is 0 Å². The fourth-order valence-corrected chi connectivity index (χ4v) is 1.81. The first kappa shape index (κ1) is 14.5. The Kier molecular flexibility index (Phi) is 5.49. The molecule has 2 rings (SSSR count). The third-order valence-corrected chi connectivity index (χ3v) is 2.97. The van der Waals surface area contributed by atoms with Crippen molar-refractivity contribution in [1.29, 1.82) is 0 Å². The summed E-state index contributed by atoms with van der Waals surface area (Å²) in [4.78, 5) is 11.9. The van der Waals surface area contributed by atoms with Crippen molar-refractivity contribution in [2.45, 2.75) is 26.2 Å². The van der Waals surface area contributed by atoms with Crippen LogP contribution in [0.5, 0.6) is 0 Å². The highest BCUT2D eigenvalue weighted by Gasteiger charge is 2.07. The van der Waals surface area contributed by atoms with Gasteiger partial charge in [0.15, 0.2) is 0 Å². The van der Waals surface area contributed by atoms with E-state index in [0.717, 1.165) is 31.4 Å². The summed E-state index contributed by atoms with van der Waals surface area (Å²) < 4.78 is 5.44. The minimum Gasteiger partial charge on any atom is -0.381 e. The quantitative estimate of drug-likeness (QED) is 0.722. The maximum absolute atomic E-state index is 11.9. The number of aromatic nitrogens is 3. The number of aromatic amines is 1. The van der Waals surface area contributed by atoms with Gasteiger partial charge in [-0.05, 0) is 31.0 Å². The number of benzene rings is 1. The molecule has 0 aliphatic rings. The zero-order valence-electron chi connectivity index (χ0n) is 11.7. The number of rotatable bonds is 8. The first-order chi connectivity index (χ1) is 9.81. The number of hydrogen-bond donors (Lipinski definition) is 2. The Morgan fingerprint density at radius 2 is 2.05 bits per heavy atom. The molecule has 108 valence electrons. The molecule has 1 aromatic heterocycles. The minimum atomic E-state index is -0.0940. The molecule has 0 spiro atoms. The number of amides is 1. The number of hydrogen-bond acceptors (Lipinski definition) is 4. The van der Waals surface area contributed by atoms with Crippen LogP contribution >= 0.6 is 0 Å². The molecule has 0 bridgehead atoms. The van der Waals surface area contributed by atoms with Crippen molar-refractivity contribution in [2.24, 2.45) is 0 Å². The summed E-state index contributed by atoms with van der Waals surface area (Å²) >= 11 is 0. The van der Waals surface area contributed by atoms with Gasteiger partial charge in [0, 0.05) is 25.3 Å². The summed E-state index contributed by atoms with van der Waals surface area (Å²) in [6.45, 7) is 4.23. The van der Waals surface area contributed by atoms with E-state index in [-0.39, 0.29) is 5.91 Å². The Bertz CT molecular complexity index is 553. The second kappa shape index (κ2) is 7.59. The van der Waals surface area contributed by atoms with Crippen molar-refractivity contribution >= 4 is 16.9 Å². The monoisotopic (exact) mass is 276 g/mol. The second-order valence-electron chi connectivity index (χ2n) is 4.60. The molecule has 0 unspecified atom stereocenters. The van der Waals surface area contributed by atoms with Crippen LogP contribution in [0.3, 0.4) is 0 Å². The average Bonchev–Trinajstić information content (AvgIpc) is 2.93. The molecule has 2 N–H and O–H groups in total. The van der Waals surface area contributed by atoms with Crippen molar-refractivity contribution in [2.75, 3.05) is 19.8 Å². The summed E-state index contributed by atoms with van der Waals surface area (Å²) in [5.41, 5.74) is 2.05. The van der Waals surface area contributed by atoms with E-state index in [0.29, 0.717) is 24.2 Å². The van der Waals surface area contributed by atoms with Gasteiger partial charge in [-0.15, -0.1) is 0 Å².